The minimum Gasteiger partial charge on any atom is -0.335 e. The van der Waals surface area contributed by atoms with Crippen LogP contribution in [0, 0.1) is 0 Å². The van der Waals surface area contributed by atoms with Gasteiger partial charge in [-0.25, -0.2) is 4.98 Å². The van der Waals surface area contributed by atoms with Gasteiger partial charge in [-0.1, -0.05) is 48.5 Å². The summed E-state index contributed by atoms with van der Waals surface area (Å²) in [7, 11) is 1.85. The van der Waals surface area contributed by atoms with Gasteiger partial charge < -0.3 is 4.90 Å². The van der Waals surface area contributed by atoms with Gasteiger partial charge in [0, 0.05) is 11.9 Å². The quantitative estimate of drug-likeness (QED) is 0.443. The van der Waals surface area contributed by atoms with Crippen LogP contribution in [0.2, 0.25) is 0 Å². The molecular formula is C23H23N3OS2. The molecule has 2 heterocycles. The lowest BCUT2D eigenvalue weighted by atomic mass is 10.1. The van der Waals surface area contributed by atoms with Gasteiger partial charge in [-0.2, -0.15) is 0 Å². The van der Waals surface area contributed by atoms with Crippen LogP contribution in [0.5, 0.6) is 0 Å². The third-order valence-corrected chi connectivity index (χ3v) is 7.20. The number of para-hydroxylation sites is 1. The molecule has 1 N–H and O–H groups in total. The van der Waals surface area contributed by atoms with Gasteiger partial charge in [-0.15, -0.1) is 22.7 Å². The number of fused-ring (bicyclic) bond motifs is 1. The van der Waals surface area contributed by atoms with Crippen molar-refractivity contribution in [1.29, 1.82) is 0 Å². The van der Waals surface area contributed by atoms with Crippen LogP contribution in [0.3, 0.4) is 0 Å². The number of nitrogens with zero attached hydrogens (tertiary/aromatic N) is 2. The molecule has 2 atom stereocenters. The molecule has 0 unspecified atom stereocenters. The molecule has 0 fully saturated rings. The minimum atomic E-state index is -0.0707. The Bertz CT molecular complexity index is 1040. The number of hydrogen-bond donors (Lipinski definition) is 1. The molecule has 0 spiro atoms. The third kappa shape index (κ3) is 4.40. The monoisotopic (exact) mass is 421 g/mol. The zero-order chi connectivity index (χ0) is 20.2. The number of hydrogen-bond acceptors (Lipinski definition) is 5. The number of amides is 1. The van der Waals surface area contributed by atoms with E-state index in [9.17, 15) is 4.79 Å². The zero-order valence-corrected chi connectivity index (χ0v) is 18.0. The van der Waals surface area contributed by atoms with Gasteiger partial charge in [-0.3, -0.25) is 10.1 Å². The molecule has 0 aliphatic carbocycles. The molecule has 4 nitrogen and oxygen atoms in total. The molecule has 0 aliphatic rings. The van der Waals surface area contributed by atoms with E-state index < -0.39 is 0 Å². The molecule has 0 aliphatic heterocycles. The van der Waals surface area contributed by atoms with Crippen LogP contribution < -0.4 is 5.32 Å². The van der Waals surface area contributed by atoms with E-state index in [1.807, 2.05) is 56.4 Å². The van der Waals surface area contributed by atoms with E-state index in [0.29, 0.717) is 0 Å². The van der Waals surface area contributed by atoms with Crippen molar-refractivity contribution in [3.8, 4) is 0 Å². The molecule has 0 bridgehead atoms. The zero-order valence-electron chi connectivity index (χ0n) is 16.4. The summed E-state index contributed by atoms with van der Waals surface area (Å²) < 4.78 is 1.15. The number of thiophene rings is 1. The first-order valence-electron chi connectivity index (χ1n) is 9.56. The summed E-state index contributed by atoms with van der Waals surface area (Å²) in [6.07, 6.45) is 0. The maximum atomic E-state index is 12.9. The highest BCUT2D eigenvalue weighted by molar-refractivity contribution is 7.18. The maximum absolute atomic E-state index is 12.9. The first kappa shape index (κ1) is 19.8. The number of nitrogens with one attached hydrogen (secondary N) is 1. The standard InChI is InChI=1S/C23H23N3OS2/c1-16(23-25-18-11-6-7-12-19(18)29-23)26(2)21(27)15-24-22(20-13-8-14-28-20)17-9-4-3-5-10-17/h3-14,16,22,24H,15H2,1-2H3/t16-,22+/m0/s1. The molecular weight excluding hydrogens is 398 g/mol. The van der Waals surface area contributed by atoms with Gasteiger partial charge in [0.15, 0.2) is 0 Å². The highest BCUT2D eigenvalue weighted by Gasteiger charge is 2.22. The van der Waals surface area contributed by atoms with Crippen LogP contribution in [-0.4, -0.2) is 29.4 Å². The Balaban J connectivity index is 1.46. The molecule has 1 amide bonds. The van der Waals surface area contributed by atoms with Crippen LogP contribution in [-0.2, 0) is 4.79 Å². The lowest BCUT2D eigenvalue weighted by Gasteiger charge is -2.25. The van der Waals surface area contributed by atoms with E-state index in [4.69, 9.17) is 4.98 Å². The summed E-state index contributed by atoms with van der Waals surface area (Å²) in [6.45, 7) is 2.30. The highest BCUT2D eigenvalue weighted by atomic mass is 32.1. The third-order valence-electron chi connectivity index (χ3n) is 5.06. The predicted octanol–water partition coefficient (Wildman–Crippen LogP) is 5.26. The van der Waals surface area contributed by atoms with Crippen molar-refractivity contribution in [3.63, 3.8) is 0 Å². The lowest BCUT2D eigenvalue weighted by molar-refractivity contribution is -0.130. The maximum Gasteiger partial charge on any atom is 0.236 e. The average Bonchev–Trinajstić information content (AvgIpc) is 3.43. The number of thiazole rings is 1. The van der Waals surface area contributed by atoms with Crippen LogP contribution in [0.25, 0.3) is 10.2 Å². The van der Waals surface area contributed by atoms with Crippen LogP contribution in [0.1, 0.15) is 34.5 Å². The fourth-order valence-electron chi connectivity index (χ4n) is 3.25. The first-order chi connectivity index (χ1) is 14.1. The molecule has 2 aromatic carbocycles. The summed E-state index contributed by atoms with van der Waals surface area (Å²) in [5.74, 6) is 0.0502. The summed E-state index contributed by atoms with van der Waals surface area (Å²) in [5.41, 5.74) is 2.14. The van der Waals surface area contributed by atoms with Gasteiger partial charge in [0.2, 0.25) is 5.91 Å². The van der Waals surface area contributed by atoms with Gasteiger partial charge in [-0.05, 0) is 36.1 Å². The smallest absolute Gasteiger partial charge is 0.236 e. The van der Waals surface area contributed by atoms with Crippen molar-refractivity contribution in [3.05, 3.63) is 87.6 Å². The van der Waals surface area contributed by atoms with Crippen molar-refractivity contribution >= 4 is 38.8 Å². The van der Waals surface area contributed by atoms with Gasteiger partial charge >= 0.3 is 0 Å². The second kappa shape index (κ2) is 8.86. The number of carbonyl (C=O) groups excluding carboxylic acids is 1. The van der Waals surface area contributed by atoms with E-state index >= 15 is 0 Å². The largest absolute Gasteiger partial charge is 0.335 e. The van der Waals surface area contributed by atoms with Crippen molar-refractivity contribution in [2.45, 2.75) is 19.0 Å². The number of rotatable bonds is 7. The second-order valence-electron chi connectivity index (χ2n) is 6.94. The lowest BCUT2D eigenvalue weighted by Crippen LogP contribution is -2.38. The van der Waals surface area contributed by atoms with E-state index in [0.717, 1.165) is 20.8 Å². The van der Waals surface area contributed by atoms with E-state index in [1.165, 1.54) is 4.88 Å². The molecule has 29 heavy (non-hydrogen) atoms. The van der Waals surface area contributed by atoms with Gasteiger partial charge in [0.05, 0.1) is 28.8 Å². The number of aromatic nitrogens is 1. The first-order valence-corrected chi connectivity index (χ1v) is 11.3. The molecule has 148 valence electrons. The van der Waals surface area contributed by atoms with Crippen molar-refractivity contribution in [2.75, 3.05) is 13.6 Å². The Morgan fingerprint density at radius 1 is 1.07 bits per heavy atom. The fourth-order valence-corrected chi connectivity index (χ4v) is 5.14. The highest BCUT2D eigenvalue weighted by Crippen LogP contribution is 2.29. The molecule has 4 aromatic rings. The Labute approximate surface area is 178 Å². The molecule has 0 saturated heterocycles. The van der Waals surface area contributed by atoms with E-state index in [2.05, 4.69) is 35.0 Å². The van der Waals surface area contributed by atoms with Crippen LogP contribution >= 0.6 is 22.7 Å². The Morgan fingerprint density at radius 3 is 2.55 bits per heavy atom. The average molecular weight is 422 g/mol. The van der Waals surface area contributed by atoms with Crippen molar-refractivity contribution < 1.29 is 4.79 Å². The van der Waals surface area contributed by atoms with Crippen molar-refractivity contribution in [1.82, 2.24) is 15.2 Å². The number of benzene rings is 2. The predicted molar refractivity (Wildman–Crippen MR) is 121 cm³/mol. The summed E-state index contributed by atoms with van der Waals surface area (Å²) in [4.78, 5) is 20.6. The minimum absolute atomic E-state index is 0.00584. The van der Waals surface area contributed by atoms with Crippen molar-refractivity contribution in [2.24, 2.45) is 0 Å². The van der Waals surface area contributed by atoms with Gasteiger partial charge in [0.25, 0.3) is 0 Å². The summed E-state index contributed by atoms with van der Waals surface area (Å²) >= 11 is 3.34. The SMILES string of the molecule is C[C@@H](c1nc2ccccc2s1)N(C)C(=O)CN[C@H](c1ccccc1)c1cccs1. The van der Waals surface area contributed by atoms with E-state index in [1.54, 1.807) is 27.6 Å². The molecule has 4 rings (SSSR count). The fraction of sp³-hybridized carbons (Fsp3) is 0.217. The Kier molecular flexibility index (Phi) is 6.04. The normalized spacial score (nSPS) is 13.3. The molecule has 2 aromatic heterocycles. The molecule has 6 heteroatoms. The summed E-state index contributed by atoms with van der Waals surface area (Å²) in [6, 6.07) is 22.4. The van der Waals surface area contributed by atoms with E-state index in [-0.39, 0.29) is 24.5 Å². The number of carbonyl (C=O) groups is 1. The molecule has 0 saturated carbocycles. The van der Waals surface area contributed by atoms with Crippen LogP contribution in [0.15, 0.2) is 72.1 Å². The molecule has 0 radical (unpaired) electrons. The Morgan fingerprint density at radius 2 is 1.83 bits per heavy atom. The van der Waals surface area contributed by atoms with Gasteiger partial charge in [0.1, 0.15) is 5.01 Å². The topological polar surface area (TPSA) is 45.2 Å². The summed E-state index contributed by atoms with van der Waals surface area (Å²) in [5, 5.41) is 6.48. The number of likely N-dealkylation sites (N-methyl/N-ethyl adjacent to an activating group) is 1. The Hall–Kier alpha value is -2.54. The second-order valence-corrected chi connectivity index (χ2v) is 8.98. The van der Waals surface area contributed by atoms with Crippen LogP contribution in [0.4, 0.5) is 0 Å².